The summed E-state index contributed by atoms with van der Waals surface area (Å²) in [7, 11) is 0. The van der Waals surface area contributed by atoms with Gasteiger partial charge >= 0.3 is 0 Å². The molecule has 1 N–H and O–H groups in total. The number of aromatic nitrogens is 3. The summed E-state index contributed by atoms with van der Waals surface area (Å²) < 4.78 is 18.6. The fourth-order valence-electron chi connectivity index (χ4n) is 4.21. The lowest BCUT2D eigenvalue weighted by Crippen LogP contribution is -2.39. The van der Waals surface area contributed by atoms with Crippen LogP contribution in [0.3, 0.4) is 0 Å². The molecule has 3 heterocycles. The summed E-state index contributed by atoms with van der Waals surface area (Å²) in [6, 6.07) is 6.19. The highest BCUT2D eigenvalue weighted by Gasteiger charge is 2.21. The Hall–Kier alpha value is -2.54. The van der Waals surface area contributed by atoms with Gasteiger partial charge in [0.05, 0.1) is 0 Å². The number of benzene rings is 1. The van der Waals surface area contributed by atoms with Crippen molar-refractivity contribution in [2.75, 3.05) is 31.5 Å². The minimum atomic E-state index is -0.285. The average Bonchev–Trinajstić information content (AvgIpc) is 3.10. The lowest BCUT2D eigenvalue weighted by molar-refractivity contribution is 0.141. The number of nitrogens with zero attached hydrogens (tertiary/aromatic N) is 4. The maximum Gasteiger partial charge on any atom is 0.263 e. The van der Waals surface area contributed by atoms with Crippen molar-refractivity contribution in [3.63, 3.8) is 0 Å². The molecule has 0 aliphatic carbocycles. The Bertz CT molecular complexity index is 916. The minimum absolute atomic E-state index is 0.285. The fourth-order valence-corrected chi connectivity index (χ4v) is 4.21. The molecule has 6 nitrogen and oxygen atoms in total. The van der Waals surface area contributed by atoms with Gasteiger partial charge in [0, 0.05) is 25.2 Å². The first-order valence-electron chi connectivity index (χ1n) is 9.92. The van der Waals surface area contributed by atoms with E-state index in [2.05, 4.69) is 39.2 Å². The van der Waals surface area contributed by atoms with Crippen molar-refractivity contribution >= 4 is 16.9 Å². The second kappa shape index (κ2) is 8.22. The molecule has 0 saturated carbocycles. The zero-order valence-corrected chi connectivity index (χ0v) is 16.4. The van der Waals surface area contributed by atoms with E-state index in [1.165, 1.54) is 38.0 Å². The lowest BCUT2D eigenvalue weighted by atomic mass is 9.92. The van der Waals surface area contributed by atoms with E-state index in [9.17, 15) is 4.39 Å². The molecule has 0 amide bonds. The summed E-state index contributed by atoms with van der Waals surface area (Å²) in [5.41, 5.74) is 1.82. The van der Waals surface area contributed by atoms with E-state index < -0.39 is 0 Å². The molecule has 0 spiro atoms. The number of fused-ring (bicyclic) bond motifs is 1. The second-order valence-corrected chi connectivity index (χ2v) is 7.93. The Labute approximate surface area is 164 Å². The van der Waals surface area contributed by atoms with E-state index in [1.54, 1.807) is 12.1 Å². The first-order valence-corrected chi connectivity index (χ1v) is 9.92. The van der Waals surface area contributed by atoms with Crippen LogP contribution in [0, 0.1) is 17.7 Å². The van der Waals surface area contributed by atoms with Gasteiger partial charge in [-0.2, -0.15) is 4.98 Å². The Morgan fingerprint density at radius 1 is 1.14 bits per heavy atom. The molecule has 1 aromatic carbocycles. The molecule has 0 unspecified atom stereocenters. The topological polar surface area (TPSA) is 67.1 Å². The fraction of sp³-hybridized carbons (Fsp3) is 0.476. The number of halogens is 1. The third kappa shape index (κ3) is 4.14. The zero-order chi connectivity index (χ0) is 19.5. The van der Waals surface area contributed by atoms with Crippen LogP contribution in [0.1, 0.15) is 26.7 Å². The summed E-state index contributed by atoms with van der Waals surface area (Å²) in [6.07, 6.45) is 3.83. The van der Waals surface area contributed by atoms with Crippen LogP contribution in [-0.4, -0.2) is 46.2 Å². The van der Waals surface area contributed by atoms with Gasteiger partial charge in [-0.05, 0) is 55.5 Å². The third-order valence-corrected chi connectivity index (χ3v) is 5.28. The molecule has 2 atom stereocenters. The Kier molecular flexibility index (Phi) is 5.52. The number of hydrogen-bond donors (Lipinski definition) is 1. The van der Waals surface area contributed by atoms with E-state index in [1.807, 2.05) is 0 Å². The van der Waals surface area contributed by atoms with E-state index in [0.29, 0.717) is 17.2 Å². The minimum Gasteiger partial charge on any atom is -0.369 e. The highest BCUT2D eigenvalue weighted by Crippen LogP contribution is 2.31. The molecule has 3 aromatic rings. The molecule has 0 bridgehead atoms. The number of nitrogens with one attached hydrogen (secondary N) is 1. The largest absolute Gasteiger partial charge is 0.369 e. The van der Waals surface area contributed by atoms with Gasteiger partial charge in [0.15, 0.2) is 0 Å². The second-order valence-electron chi connectivity index (χ2n) is 7.93. The van der Waals surface area contributed by atoms with Crippen LogP contribution in [0.5, 0.6) is 0 Å². The van der Waals surface area contributed by atoms with Crippen LogP contribution in [0.25, 0.3) is 22.4 Å². The van der Waals surface area contributed by atoms with Crippen molar-refractivity contribution in [1.29, 1.82) is 0 Å². The zero-order valence-electron chi connectivity index (χ0n) is 16.4. The molecule has 2 aromatic heterocycles. The van der Waals surface area contributed by atoms with E-state index in [4.69, 9.17) is 4.52 Å². The summed E-state index contributed by atoms with van der Waals surface area (Å²) in [4.78, 5) is 11.1. The summed E-state index contributed by atoms with van der Waals surface area (Å²) in [5.74, 6) is 1.96. The maximum atomic E-state index is 13.2. The third-order valence-electron chi connectivity index (χ3n) is 5.28. The van der Waals surface area contributed by atoms with E-state index in [-0.39, 0.29) is 5.82 Å². The van der Waals surface area contributed by atoms with Crippen LogP contribution < -0.4 is 5.32 Å². The highest BCUT2D eigenvalue weighted by atomic mass is 19.1. The molecule has 4 rings (SSSR count). The molecule has 0 radical (unpaired) electrons. The smallest absolute Gasteiger partial charge is 0.263 e. The van der Waals surface area contributed by atoms with Crippen LogP contribution in [0.2, 0.25) is 0 Å². The van der Waals surface area contributed by atoms with Crippen LogP contribution in [-0.2, 0) is 0 Å². The monoisotopic (exact) mass is 383 g/mol. The number of anilines is 1. The number of rotatable bonds is 6. The van der Waals surface area contributed by atoms with Gasteiger partial charge in [0.2, 0.25) is 0 Å². The van der Waals surface area contributed by atoms with Crippen molar-refractivity contribution in [3.05, 3.63) is 36.4 Å². The Morgan fingerprint density at radius 3 is 2.64 bits per heavy atom. The van der Waals surface area contributed by atoms with Gasteiger partial charge in [-0.3, -0.25) is 0 Å². The van der Waals surface area contributed by atoms with Crippen molar-refractivity contribution in [3.8, 4) is 11.3 Å². The number of hydrogen-bond acceptors (Lipinski definition) is 6. The van der Waals surface area contributed by atoms with Crippen LogP contribution in [0.4, 0.5) is 10.2 Å². The molecule has 1 aliphatic heterocycles. The van der Waals surface area contributed by atoms with Crippen molar-refractivity contribution in [1.82, 2.24) is 20.0 Å². The van der Waals surface area contributed by atoms with E-state index >= 15 is 0 Å². The normalized spacial score (nSPS) is 20.5. The average molecular weight is 383 g/mol. The Morgan fingerprint density at radius 2 is 1.89 bits per heavy atom. The molecule has 148 valence electrons. The Balaban J connectivity index is 1.44. The standard InChI is InChI=1S/C21H26FN5O/c1-14-10-15(2)12-27(11-14)9-3-8-23-20-18-19(16-4-6-17(22)7-5-16)26-28-21(18)25-13-24-20/h4-7,13-15H,3,8-12H2,1-2H3,(H,23,24,25)/t14-,15-/m1/s1. The SMILES string of the molecule is C[C@@H]1C[C@@H](C)CN(CCCNc2ncnc3onc(-c4ccc(F)cc4)c23)C1. The van der Waals surface area contributed by atoms with Gasteiger partial charge in [0.1, 0.15) is 29.0 Å². The first-order chi connectivity index (χ1) is 13.6. The van der Waals surface area contributed by atoms with Crippen LogP contribution >= 0.6 is 0 Å². The molecular formula is C21H26FN5O. The van der Waals surface area contributed by atoms with Gasteiger partial charge in [0.25, 0.3) is 5.71 Å². The van der Waals surface area contributed by atoms with Crippen molar-refractivity contribution in [2.45, 2.75) is 26.7 Å². The maximum absolute atomic E-state index is 13.2. The van der Waals surface area contributed by atoms with Crippen molar-refractivity contribution < 1.29 is 8.91 Å². The molecule has 7 heteroatoms. The molecule has 1 fully saturated rings. The molecule has 1 saturated heterocycles. The molecule has 28 heavy (non-hydrogen) atoms. The summed E-state index contributed by atoms with van der Waals surface area (Å²) >= 11 is 0. The summed E-state index contributed by atoms with van der Waals surface area (Å²) in [6.45, 7) is 8.91. The lowest BCUT2D eigenvalue weighted by Gasteiger charge is -2.34. The van der Waals surface area contributed by atoms with Crippen molar-refractivity contribution in [2.24, 2.45) is 11.8 Å². The predicted molar refractivity (Wildman–Crippen MR) is 107 cm³/mol. The highest BCUT2D eigenvalue weighted by molar-refractivity contribution is 5.97. The van der Waals surface area contributed by atoms with Gasteiger partial charge < -0.3 is 14.7 Å². The number of likely N-dealkylation sites (tertiary alicyclic amines) is 1. The van der Waals surface area contributed by atoms with Gasteiger partial charge in [-0.1, -0.05) is 19.0 Å². The first kappa shape index (κ1) is 18.8. The quantitative estimate of drug-likeness (QED) is 0.644. The van der Waals surface area contributed by atoms with E-state index in [0.717, 1.165) is 42.3 Å². The molecular weight excluding hydrogens is 357 g/mol. The van der Waals surface area contributed by atoms with Gasteiger partial charge in [-0.25, -0.2) is 9.37 Å². The predicted octanol–water partition coefficient (Wildman–Crippen LogP) is 4.20. The number of piperidine rings is 1. The van der Waals surface area contributed by atoms with Gasteiger partial charge in [-0.15, -0.1) is 0 Å². The summed E-state index contributed by atoms with van der Waals surface area (Å²) in [5, 5.41) is 8.26. The van der Waals surface area contributed by atoms with Crippen LogP contribution in [0.15, 0.2) is 35.1 Å². The molecule has 1 aliphatic rings.